The summed E-state index contributed by atoms with van der Waals surface area (Å²) < 4.78 is 3.92. The van der Waals surface area contributed by atoms with Crippen molar-refractivity contribution in [2.45, 2.75) is 24.3 Å². The summed E-state index contributed by atoms with van der Waals surface area (Å²) in [6.07, 6.45) is -6.37. The van der Waals surface area contributed by atoms with Gasteiger partial charge < -0.3 is 30.3 Å². The van der Waals surface area contributed by atoms with Gasteiger partial charge in [-0.25, -0.2) is 4.79 Å². The number of aliphatic hydroxyl groups is 5. The summed E-state index contributed by atoms with van der Waals surface area (Å²) in [5, 5.41) is 43.2. The van der Waals surface area contributed by atoms with E-state index in [2.05, 4.69) is 4.74 Å². The van der Waals surface area contributed by atoms with Gasteiger partial charge in [-0.2, -0.15) is 0 Å². The first-order valence-corrected chi connectivity index (χ1v) is 3.07. The zero-order chi connectivity index (χ0) is 9.52. The molecule has 0 spiro atoms. The zero-order valence-electron chi connectivity index (χ0n) is 5.78. The summed E-state index contributed by atoms with van der Waals surface area (Å²) in [7, 11) is 0. The predicted molar refractivity (Wildman–Crippen MR) is 31.3 cm³/mol. The van der Waals surface area contributed by atoms with E-state index >= 15 is 0 Å². The quantitative estimate of drug-likeness (QED) is 0.223. The van der Waals surface area contributed by atoms with Gasteiger partial charge in [0.1, 0.15) is 6.10 Å². The van der Waals surface area contributed by atoms with E-state index in [1.54, 1.807) is 0 Å². The van der Waals surface area contributed by atoms with Crippen LogP contribution < -0.4 is 0 Å². The Labute approximate surface area is 66.4 Å². The van der Waals surface area contributed by atoms with Crippen LogP contribution in [0.1, 0.15) is 0 Å². The van der Waals surface area contributed by atoms with Crippen molar-refractivity contribution in [2.24, 2.45) is 0 Å². The lowest BCUT2D eigenvalue weighted by Gasteiger charge is -2.18. The van der Waals surface area contributed by atoms with Gasteiger partial charge in [0.25, 0.3) is 0 Å². The molecule has 1 heterocycles. The van der Waals surface area contributed by atoms with Crippen LogP contribution in [0.15, 0.2) is 0 Å². The van der Waals surface area contributed by atoms with Crippen molar-refractivity contribution in [1.29, 1.82) is 0 Å². The van der Waals surface area contributed by atoms with Crippen LogP contribution >= 0.6 is 0 Å². The number of cyclic esters (lactones) is 1. The minimum absolute atomic E-state index is 1.12. The summed E-state index contributed by atoms with van der Waals surface area (Å²) in [6, 6.07) is 0. The first-order chi connectivity index (χ1) is 5.39. The predicted octanol–water partition coefficient (Wildman–Crippen LogP) is -3.74. The Bertz CT molecular complexity index is 202. The molecule has 70 valence electrons. The number of hydrogen-bond acceptors (Lipinski definition) is 7. The van der Waals surface area contributed by atoms with E-state index in [0.717, 1.165) is 0 Å². The highest BCUT2D eigenvalue weighted by Crippen LogP contribution is 2.31. The number of ether oxygens (including phenoxy) is 1. The normalized spacial score (nSPS) is 33.0. The van der Waals surface area contributed by atoms with Crippen molar-refractivity contribution in [3.63, 3.8) is 0 Å². The smallest absolute Gasteiger partial charge is 0.385 e. The molecule has 0 unspecified atom stereocenters. The van der Waals surface area contributed by atoms with Gasteiger partial charge in [0.2, 0.25) is 0 Å². The third kappa shape index (κ3) is 1.28. The van der Waals surface area contributed by atoms with Gasteiger partial charge in [-0.15, -0.1) is 0 Å². The molecule has 0 saturated carbocycles. The number of carbonyl (C=O) groups is 1. The average Bonchev–Trinajstić information content (AvgIpc) is 2.58. The van der Waals surface area contributed by atoms with E-state index in [1.165, 1.54) is 0 Å². The Morgan fingerprint density at radius 2 is 1.67 bits per heavy atom. The minimum Gasteiger partial charge on any atom is -0.414 e. The molecule has 5 N–H and O–H groups in total. The van der Waals surface area contributed by atoms with Crippen LogP contribution in [0.2, 0.25) is 0 Å². The second kappa shape index (κ2) is 2.64. The highest BCUT2D eigenvalue weighted by atomic mass is 16.8. The molecular formula is C5H8O7. The Hall–Kier alpha value is -0.730. The molecule has 1 fully saturated rings. The van der Waals surface area contributed by atoms with E-state index in [9.17, 15) is 4.79 Å². The van der Waals surface area contributed by atoms with Crippen LogP contribution in [-0.4, -0.2) is 55.8 Å². The maximum absolute atomic E-state index is 10.3. The first-order valence-electron chi connectivity index (χ1n) is 3.07. The molecular weight excluding hydrogens is 172 g/mol. The lowest BCUT2D eigenvalue weighted by atomic mass is 10.1. The number of hydrogen-bond donors (Lipinski definition) is 5. The molecule has 1 aliphatic rings. The van der Waals surface area contributed by atoms with Crippen LogP contribution in [-0.2, 0) is 9.53 Å². The van der Waals surface area contributed by atoms with Crippen LogP contribution in [0, 0.1) is 0 Å². The summed E-state index contributed by atoms with van der Waals surface area (Å²) in [6.45, 7) is 0. The largest absolute Gasteiger partial charge is 0.414 e. The molecule has 0 aliphatic carbocycles. The van der Waals surface area contributed by atoms with Crippen LogP contribution in [0.5, 0.6) is 0 Å². The molecule has 12 heavy (non-hydrogen) atoms. The van der Waals surface area contributed by atoms with Gasteiger partial charge >= 0.3 is 11.8 Å². The fourth-order valence-electron chi connectivity index (χ4n) is 0.691. The number of carbonyl (C=O) groups excluding carboxylic acids is 1. The molecule has 1 saturated heterocycles. The highest BCUT2D eigenvalue weighted by Gasteiger charge is 2.65. The van der Waals surface area contributed by atoms with Gasteiger partial charge in [0.05, 0.1) is 0 Å². The van der Waals surface area contributed by atoms with Crippen LogP contribution in [0.25, 0.3) is 0 Å². The molecule has 0 aromatic rings. The Kier molecular flexibility index (Phi) is 2.06. The molecule has 7 heteroatoms. The molecule has 0 aromatic carbocycles. The Morgan fingerprint density at radius 1 is 1.25 bits per heavy atom. The third-order valence-electron chi connectivity index (χ3n) is 1.53. The van der Waals surface area contributed by atoms with Crippen molar-refractivity contribution >= 4 is 5.97 Å². The van der Waals surface area contributed by atoms with E-state index in [-0.39, 0.29) is 0 Å². The van der Waals surface area contributed by atoms with Crippen molar-refractivity contribution in [1.82, 2.24) is 0 Å². The second-order valence-electron chi connectivity index (χ2n) is 2.44. The summed E-state index contributed by atoms with van der Waals surface area (Å²) in [4.78, 5) is 10.3. The van der Waals surface area contributed by atoms with Crippen LogP contribution in [0.4, 0.5) is 0 Å². The fraction of sp³-hybridized carbons (Fsp3) is 0.800. The van der Waals surface area contributed by atoms with E-state index in [0.29, 0.717) is 0 Å². The van der Waals surface area contributed by atoms with E-state index < -0.39 is 30.3 Å². The molecule has 1 rings (SSSR count). The zero-order valence-corrected chi connectivity index (χ0v) is 5.78. The Balaban J connectivity index is 2.59. The third-order valence-corrected chi connectivity index (χ3v) is 1.53. The fourth-order valence-corrected chi connectivity index (χ4v) is 0.691. The molecule has 1 aliphatic heterocycles. The number of epoxide rings is 1. The minimum atomic E-state index is -2.48. The highest BCUT2D eigenvalue weighted by molar-refractivity contribution is 5.91. The van der Waals surface area contributed by atoms with Crippen LogP contribution in [0.3, 0.4) is 0 Å². The second-order valence-corrected chi connectivity index (χ2v) is 2.44. The monoisotopic (exact) mass is 180 g/mol. The van der Waals surface area contributed by atoms with Gasteiger partial charge in [-0.1, -0.05) is 0 Å². The molecule has 7 nitrogen and oxygen atoms in total. The van der Waals surface area contributed by atoms with Crippen molar-refractivity contribution in [3.8, 4) is 0 Å². The SMILES string of the molecule is O=C1O[C@@]1(O)[C@H](O)[C@H](O)C(O)O. The number of aliphatic hydroxyl groups excluding tert-OH is 3. The Morgan fingerprint density at radius 3 is 1.92 bits per heavy atom. The molecule has 0 bridgehead atoms. The lowest BCUT2D eigenvalue weighted by Crippen LogP contribution is -2.47. The maximum Gasteiger partial charge on any atom is 0.385 e. The van der Waals surface area contributed by atoms with Crippen molar-refractivity contribution in [2.75, 3.05) is 0 Å². The molecule has 0 aromatic heterocycles. The average molecular weight is 180 g/mol. The first kappa shape index (κ1) is 9.36. The standard InChI is InChI=1S/C5H8O7/c6-1(3(8)9)2(7)5(11)4(10)12-5/h1-3,6-9,11H/t1-,2+,5-/m0/s1. The van der Waals surface area contributed by atoms with Crippen molar-refractivity contribution < 1.29 is 35.1 Å². The van der Waals surface area contributed by atoms with Gasteiger partial charge in [0, 0.05) is 0 Å². The molecule has 0 radical (unpaired) electrons. The van der Waals surface area contributed by atoms with E-state index in [1.807, 2.05) is 0 Å². The summed E-state index contributed by atoms with van der Waals surface area (Å²) in [5.74, 6) is -3.60. The van der Waals surface area contributed by atoms with Gasteiger partial charge in [0.15, 0.2) is 12.4 Å². The van der Waals surface area contributed by atoms with E-state index in [4.69, 9.17) is 25.5 Å². The number of rotatable bonds is 3. The van der Waals surface area contributed by atoms with Crippen molar-refractivity contribution in [3.05, 3.63) is 0 Å². The molecule has 0 amide bonds. The summed E-state index contributed by atoms with van der Waals surface area (Å²) >= 11 is 0. The summed E-state index contributed by atoms with van der Waals surface area (Å²) in [5.41, 5.74) is 0. The topological polar surface area (TPSA) is 131 Å². The maximum atomic E-state index is 10.3. The van der Waals surface area contributed by atoms with Gasteiger partial charge in [-0.05, 0) is 0 Å². The van der Waals surface area contributed by atoms with Gasteiger partial charge in [-0.3, -0.25) is 0 Å². The lowest BCUT2D eigenvalue weighted by molar-refractivity contribution is -0.198. The molecule has 3 atom stereocenters.